The largest absolute Gasteiger partial charge is 0.490 e. The molecule has 0 aliphatic heterocycles. The number of ether oxygens (including phenoxy) is 2. The third kappa shape index (κ3) is 7.10. The van der Waals surface area contributed by atoms with Crippen molar-refractivity contribution in [1.29, 1.82) is 0 Å². The van der Waals surface area contributed by atoms with E-state index in [0.717, 1.165) is 10.9 Å². The number of amides is 1. The molecule has 0 aliphatic rings. The van der Waals surface area contributed by atoms with Crippen molar-refractivity contribution in [2.45, 2.75) is 33.1 Å². The molecule has 1 N–H and O–H groups in total. The molecule has 0 bridgehead atoms. The Balaban J connectivity index is 1.62. The molecule has 0 saturated carbocycles. The molecule has 208 valence electrons. The number of hydrogen-bond donors (Lipinski definition) is 1. The zero-order chi connectivity index (χ0) is 28.8. The molecule has 8 nitrogen and oxygen atoms in total. The highest BCUT2D eigenvalue weighted by Crippen LogP contribution is 2.33. The van der Waals surface area contributed by atoms with Crippen molar-refractivity contribution in [3.05, 3.63) is 90.3 Å². The molecule has 0 aliphatic carbocycles. The Morgan fingerprint density at radius 2 is 1.82 bits per heavy atom. The Hall–Kier alpha value is -3.21. The minimum atomic E-state index is -0.334. The van der Waals surface area contributed by atoms with Crippen molar-refractivity contribution < 1.29 is 14.3 Å². The van der Waals surface area contributed by atoms with Crippen LogP contribution in [0.25, 0.3) is 10.9 Å². The van der Waals surface area contributed by atoms with E-state index in [9.17, 15) is 9.59 Å². The number of fused-ring (bicyclic) bond motifs is 1. The van der Waals surface area contributed by atoms with Crippen LogP contribution in [0.3, 0.4) is 0 Å². The predicted octanol–water partition coefficient (Wildman–Crippen LogP) is 7.39. The summed E-state index contributed by atoms with van der Waals surface area (Å²) >= 11 is 12.9. The molecule has 4 rings (SSSR count). The van der Waals surface area contributed by atoms with Gasteiger partial charge < -0.3 is 14.8 Å². The molecular formula is C29H27Br2ClN4O4. The Morgan fingerprint density at radius 3 is 2.52 bits per heavy atom. The second kappa shape index (κ2) is 13.4. The topological polar surface area (TPSA) is 94.8 Å². The van der Waals surface area contributed by atoms with Crippen molar-refractivity contribution in [1.82, 2.24) is 9.66 Å². The molecule has 1 aromatic heterocycles. The van der Waals surface area contributed by atoms with Gasteiger partial charge in [-0.15, -0.1) is 0 Å². The predicted molar refractivity (Wildman–Crippen MR) is 166 cm³/mol. The van der Waals surface area contributed by atoms with E-state index in [4.69, 9.17) is 26.1 Å². The molecule has 1 heterocycles. The van der Waals surface area contributed by atoms with Crippen LogP contribution < -0.4 is 20.3 Å². The number of hydrogen-bond acceptors (Lipinski definition) is 6. The lowest BCUT2D eigenvalue weighted by molar-refractivity contribution is -0.118. The first-order chi connectivity index (χ1) is 19.2. The van der Waals surface area contributed by atoms with Gasteiger partial charge in [0, 0.05) is 31.1 Å². The first-order valence-corrected chi connectivity index (χ1v) is 14.6. The number of carbonyl (C=O) groups is 1. The van der Waals surface area contributed by atoms with Gasteiger partial charge in [0.25, 0.3) is 11.5 Å². The molecule has 0 unspecified atom stereocenters. The van der Waals surface area contributed by atoms with Gasteiger partial charge in [-0.2, -0.15) is 9.78 Å². The second-order valence-corrected chi connectivity index (χ2v) is 11.1. The lowest BCUT2D eigenvalue weighted by atomic mass is 10.1. The number of nitrogens with one attached hydrogen (secondary N) is 1. The van der Waals surface area contributed by atoms with E-state index in [1.807, 2.05) is 32.9 Å². The van der Waals surface area contributed by atoms with E-state index in [-0.39, 0.29) is 24.0 Å². The summed E-state index contributed by atoms with van der Waals surface area (Å²) in [5.41, 5.74) is 1.62. The lowest BCUT2D eigenvalue weighted by Crippen LogP contribution is -2.23. The van der Waals surface area contributed by atoms with Crippen LogP contribution in [-0.2, 0) is 4.79 Å². The lowest BCUT2D eigenvalue weighted by Gasteiger charge is -2.15. The fourth-order valence-corrected chi connectivity index (χ4v) is 4.72. The summed E-state index contributed by atoms with van der Waals surface area (Å²) in [6.07, 6.45) is 2.36. The fraction of sp³-hybridized carbons (Fsp3) is 0.241. The van der Waals surface area contributed by atoms with E-state index in [1.165, 1.54) is 4.68 Å². The zero-order valence-corrected chi connectivity index (χ0v) is 26.0. The van der Waals surface area contributed by atoms with E-state index in [1.54, 1.807) is 48.7 Å². The van der Waals surface area contributed by atoms with Crippen molar-refractivity contribution in [3.63, 3.8) is 0 Å². The number of anilines is 1. The number of nitrogens with zero attached hydrogens (tertiary/aromatic N) is 3. The van der Waals surface area contributed by atoms with Crippen LogP contribution in [0.1, 0.15) is 44.5 Å². The number of rotatable bonds is 10. The summed E-state index contributed by atoms with van der Waals surface area (Å²) in [6, 6.07) is 15.7. The summed E-state index contributed by atoms with van der Waals surface area (Å²) in [7, 11) is 0. The maximum atomic E-state index is 13.4. The SMILES string of the molecule is CCOc1cc(C=Nn2c([C@H](C)CC)nc3ccc(Br)cc3c2=O)c(Br)cc1OCC(=O)Nc1ccc(Cl)cc1. The van der Waals surface area contributed by atoms with Gasteiger partial charge in [-0.3, -0.25) is 9.59 Å². The van der Waals surface area contributed by atoms with E-state index < -0.39 is 0 Å². The van der Waals surface area contributed by atoms with E-state index >= 15 is 0 Å². The monoisotopic (exact) mass is 688 g/mol. The Labute approximate surface area is 253 Å². The van der Waals surface area contributed by atoms with Gasteiger partial charge in [0.2, 0.25) is 0 Å². The first kappa shape index (κ1) is 29.8. The molecule has 0 fully saturated rings. The molecule has 0 saturated heterocycles. The quantitative estimate of drug-likeness (QED) is 0.175. The van der Waals surface area contributed by atoms with Gasteiger partial charge in [0.05, 0.1) is 23.7 Å². The van der Waals surface area contributed by atoms with Crippen LogP contribution in [0.4, 0.5) is 5.69 Å². The summed E-state index contributed by atoms with van der Waals surface area (Å²) in [4.78, 5) is 30.6. The molecule has 1 atom stereocenters. The van der Waals surface area contributed by atoms with Crippen LogP contribution >= 0.6 is 43.5 Å². The molecule has 0 radical (unpaired) electrons. The number of carbonyl (C=O) groups excluding carboxylic acids is 1. The van der Waals surface area contributed by atoms with Crippen molar-refractivity contribution in [3.8, 4) is 11.5 Å². The number of benzene rings is 3. The highest BCUT2D eigenvalue weighted by Gasteiger charge is 2.17. The third-order valence-electron chi connectivity index (χ3n) is 6.05. The van der Waals surface area contributed by atoms with Gasteiger partial charge in [-0.05, 0) is 83.9 Å². The minimum Gasteiger partial charge on any atom is -0.490 e. The van der Waals surface area contributed by atoms with Crippen LogP contribution in [0.5, 0.6) is 11.5 Å². The van der Waals surface area contributed by atoms with E-state index in [0.29, 0.717) is 55.6 Å². The average Bonchev–Trinajstić information content (AvgIpc) is 2.94. The molecular weight excluding hydrogens is 664 g/mol. The Bertz CT molecular complexity index is 1620. The zero-order valence-electron chi connectivity index (χ0n) is 22.1. The van der Waals surface area contributed by atoms with Crippen molar-refractivity contribution in [2.75, 3.05) is 18.5 Å². The third-order valence-corrected chi connectivity index (χ3v) is 7.48. The number of halogens is 3. The van der Waals surface area contributed by atoms with Gasteiger partial charge >= 0.3 is 0 Å². The minimum absolute atomic E-state index is 0.00937. The molecule has 1 amide bonds. The Kier molecular flexibility index (Phi) is 9.99. The first-order valence-electron chi connectivity index (χ1n) is 12.6. The van der Waals surface area contributed by atoms with E-state index in [2.05, 4.69) is 42.3 Å². The molecule has 3 aromatic carbocycles. The summed E-state index contributed by atoms with van der Waals surface area (Å²) < 4.78 is 14.3. The highest BCUT2D eigenvalue weighted by molar-refractivity contribution is 9.10. The number of aromatic nitrogens is 2. The average molecular weight is 691 g/mol. The fourth-order valence-electron chi connectivity index (χ4n) is 3.80. The van der Waals surface area contributed by atoms with Gasteiger partial charge in [-0.1, -0.05) is 41.4 Å². The molecule has 4 aromatic rings. The van der Waals surface area contributed by atoms with Crippen LogP contribution in [0.2, 0.25) is 5.02 Å². The van der Waals surface area contributed by atoms with Crippen LogP contribution in [-0.4, -0.2) is 35.0 Å². The van der Waals surface area contributed by atoms with Gasteiger partial charge in [0.15, 0.2) is 18.1 Å². The summed E-state index contributed by atoms with van der Waals surface area (Å²) in [5, 5.41) is 8.35. The maximum Gasteiger partial charge on any atom is 0.282 e. The smallest absolute Gasteiger partial charge is 0.282 e. The Morgan fingerprint density at radius 1 is 1.10 bits per heavy atom. The van der Waals surface area contributed by atoms with Crippen LogP contribution in [0, 0.1) is 0 Å². The van der Waals surface area contributed by atoms with Crippen molar-refractivity contribution >= 4 is 72.2 Å². The van der Waals surface area contributed by atoms with Gasteiger partial charge in [0.1, 0.15) is 5.82 Å². The highest BCUT2D eigenvalue weighted by atomic mass is 79.9. The molecule has 0 spiro atoms. The second-order valence-electron chi connectivity index (χ2n) is 8.90. The van der Waals surface area contributed by atoms with Crippen LogP contribution in [0.15, 0.2) is 73.4 Å². The normalized spacial score (nSPS) is 12.1. The van der Waals surface area contributed by atoms with Gasteiger partial charge in [-0.25, -0.2) is 4.98 Å². The maximum absolute atomic E-state index is 13.4. The standard InChI is InChI=1S/C29H27Br2ClN4O4/c1-4-17(3)28-35-24-11-6-19(30)13-22(24)29(38)36(28)33-15-18-12-25(39-5-2)26(14-23(18)31)40-16-27(37)34-21-9-7-20(32)8-10-21/h6-15,17H,4-5,16H2,1-3H3,(H,34,37)/t17-/m1/s1. The molecule has 40 heavy (non-hydrogen) atoms. The van der Waals surface area contributed by atoms with Crippen molar-refractivity contribution in [2.24, 2.45) is 5.10 Å². The summed E-state index contributed by atoms with van der Waals surface area (Å²) in [6.45, 7) is 6.05. The molecule has 11 heteroatoms. The summed E-state index contributed by atoms with van der Waals surface area (Å²) in [5.74, 6) is 1.06.